The molecule has 1 heterocycles. The SMILES string of the molecule is CCCCNc1nnc(SC(C(=O)NC2CC2)c2ccc(F)cc2)s1. The Morgan fingerprint density at radius 3 is 2.80 bits per heavy atom. The Kier molecular flexibility index (Phi) is 6.25. The number of thioether (sulfide) groups is 1. The number of hydrogen-bond donors (Lipinski definition) is 2. The van der Waals surface area contributed by atoms with Crippen LogP contribution in [0, 0.1) is 5.82 Å². The highest BCUT2D eigenvalue weighted by Gasteiger charge is 2.30. The number of hydrogen-bond acceptors (Lipinski definition) is 6. The zero-order valence-corrected chi connectivity index (χ0v) is 15.6. The van der Waals surface area contributed by atoms with E-state index < -0.39 is 5.25 Å². The molecule has 0 aliphatic heterocycles. The maximum atomic E-state index is 13.2. The smallest absolute Gasteiger partial charge is 0.238 e. The molecule has 8 heteroatoms. The van der Waals surface area contributed by atoms with Crippen molar-refractivity contribution in [3.05, 3.63) is 35.6 Å². The lowest BCUT2D eigenvalue weighted by Gasteiger charge is -2.15. The van der Waals surface area contributed by atoms with Crippen molar-refractivity contribution in [2.24, 2.45) is 0 Å². The molecule has 1 unspecified atom stereocenters. The van der Waals surface area contributed by atoms with E-state index in [4.69, 9.17) is 0 Å². The Morgan fingerprint density at radius 1 is 1.36 bits per heavy atom. The summed E-state index contributed by atoms with van der Waals surface area (Å²) in [4.78, 5) is 12.6. The van der Waals surface area contributed by atoms with E-state index in [2.05, 4.69) is 27.8 Å². The van der Waals surface area contributed by atoms with E-state index in [1.165, 1.54) is 35.2 Å². The summed E-state index contributed by atoms with van der Waals surface area (Å²) in [6.45, 7) is 2.99. The van der Waals surface area contributed by atoms with Crippen LogP contribution in [0.25, 0.3) is 0 Å². The number of amides is 1. The van der Waals surface area contributed by atoms with Crippen LogP contribution in [0.2, 0.25) is 0 Å². The molecule has 25 heavy (non-hydrogen) atoms. The van der Waals surface area contributed by atoms with Crippen LogP contribution in [0.15, 0.2) is 28.6 Å². The van der Waals surface area contributed by atoms with Crippen LogP contribution in [-0.4, -0.2) is 28.7 Å². The van der Waals surface area contributed by atoms with E-state index in [-0.39, 0.29) is 17.8 Å². The predicted molar refractivity (Wildman–Crippen MR) is 99.5 cm³/mol. The van der Waals surface area contributed by atoms with Crippen LogP contribution >= 0.6 is 23.1 Å². The third-order valence-electron chi connectivity index (χ3n) is 3.77. The standard InChI is InChI=1S/C17H21FN4OS2/c1-2-3-10-19-16-21-22-17(25-16)24-14(15(23)20-13-8-9-13)11-4-6-12(18)7-5-11/h4-7,13-14H,2-3,8-10H2,1H3,(H,19,21)(H,20,23). The lowest BCUT2D eigenvalue weighted by atomic mass is 10.1. The number of benzene rings is 1. The maximum Gasteiger partial charge on any atom is 0.238 e. The second-order valence-corrected chi connectivity index (χ2v) is 8.32. The third kappa shape index (κ3) is 5.40. The minimum absolute atomic E-state index is 0.0604. The Bertz CT molecular complexity index is 703. The van der Waals surface area contributed by atoms with Gasteiger partial charge in [0.05, 0.1) is 0 Å². The number of aromatic nitrogens is 2. The van der Waals surface area contributed by atoms with Crippen molar-refractivity contribution in [3.63, 3.8) is 0 Å². The zero-order chi connectivity index (χ0) is 17.6. The fraction of sp³-hybridized carbons (Fsp3) is 0.471. The Hall–Kier alpha value is -1.67. The topological polar surface area (TPSA) is 66.9 Å². The molecule has 5 nitrogen and oxygen atoms in total. The minimum Gasteiger partial charge on any atom is -0.360 e. The number of halogens is 1. The fourth-order valence-electron chi connectivity index (χ4n) is 2.22. The molecule has 1 fully saturated rings. The molecule has 3 rings (SSSR count). The highest BCUT2D eigenvalue weighted by molar-refractivity contribution is 8.01. The molecular formula is C17H21FN4OS2. The molecule has 1 aliphatic rings. The van der Waals surface area contributed by atoms with Crippen LogP contribution in [0.1, 0.15) is 43.4 Å². The molecule has 2 N–H and O–H groups in total. The van der Waals surface area contributed by atoms with Crippen molar-refractivity contribution in [2.75, 3.05) is 11.9 Å². The first-order valence-corrected chi connectivity index (χ1v) is 10.1. The summed E-state index contributed by atoms with van der Waals surface area (Å²) < 4.78 is 13.9. The van der Waals surface area contributed by atoms with Gasteiger partial charge in [0.25, 0.3) is 0 Å². The molecule has 0 saturated heterocycles. The summed E-state index contributed by atoms with van der Waals surface area (Å²) in [6.07, 6.45) is 4.24. The van der Waals surface area contributed by atoms with Crippen molar-refractivity contribution < 1.29 is 9.18 Å². The minimum atomic E-state index is -0.461. The van der Waals surface area contributed by atoms with Crippen molar-refractivity contribution in [2.45, 2.75) is 48.2 Å². The van der Waals surface area contributed by atoms with Gasteiger partial charge in [-0.05, 0) is 37.0 Å². The fourth-order valence-corrected chi connectivity index (χ4v) is 4.20. The van der Waals surface area contributed by atoms with Gasteiger partial charge in [-0.25, -0.2) is 4.39 Å². The molecule has 0 radical (unpaired) electrons. The summed E-state index contributed by atoms with van der Waals surface area (Å²) in [5.41, 5.74) is 0.764. The molecule has 0 spiro atoms. The van der Waals surface area contributed by atoms with Gasteiger partial charge in [-0.2, -0.15) is 0 Å². The molecule has 1 aromatic carbocycles. The van der Waals surface area contributed by atoms with Gasteiger partial charge in [0, 0.05) is 12.6 Å². The van der Waals surface area contributed by atoms with E-state index in [1.807, 2.05) is 0 Å². The summed E-state index contributed by atoms with van der Waals surface area (Å²) in [7, 11) is 0. The normalized spacial score (nSPS) is 15.0. The van der Waals surface area contributed by atoms with Crippen LogP contribution in [-0.2, 0) is 4.79 Å². The molecule has 2 aromatic rings. The monoisotopic (exact) mass is 380 g/mol. The molecule has 0 bridgehead atoms. The van der Waals surface area contributed by atoms with Crippen LogP contribution in [0.3, 0.4) is 0 Å². The van der Waals surface area contributed by atoms with E-state index in [0.29, 0.717) is 0 Å². The number of carbonyl (C=O) groups is 1. The average Bonchev–Trinajstić information content (AvgIpc) is 3.30. The van der Waals surface area contributed by atoms with Gasteiger partial charge in [-0.15, -0.1) is 10.2 Å². The molecule has 1 amide bonds. The quantitative estimate of drug-likeness (QED) is 0.508. The Labute approximate surface area is 154 Å². The van der Waals surface area contributed by atoms with Gasteiger partial charge >= 0.3 is 0 Å². The van der Waals surface area contributed by atoms with Crippen LogP contribution in [0.4, 0.5) is 9.52 Å². The summed E-state index contributed by atoms with van der Waals surface area (Å²) in [5.74, 6) is -0.372. The van der Waals surface area contributed by atoms with E-state index in [0.717, 1.165) is 47.3 Å². The first kappa shape index (κ1) is 18.1. The first-order chi connectivity index (χ1) is 12.2. The zero-order valence-electron chi connectivity index (χ0n) is 14.0. The summed E-state index contributed by atoms with van der Waals surface area (Å²) >= 11 is 2.79. The van der Waals surface area contributed by atoms with Gasteiger partial charge in [0.2, 0.25) is 11.0 Å². The van der Waals surface area contributed by atoms with Gasteiger partial charge in [0.1, 0.15) is 11.1 Å². The molecular weight excluding hydrogens is 359 g/mol. The number of unbranched alkanes of at least 4 members (excludes halogenated alkanes) is 1. The molecule has 1 saturated carbocycles. The van der Waals surface area contributed by atoms with Gasteiger partial charge in [-0.1, -0.05) is 48.6 Å². The van der Waals surface area contributed by atoms with Crippen molar-refractivity contribution >= 4 is 34.1 Å². The number of carbonyl (C=O) groups excluding carboxylic acids is 1. The highest BCUT2D eigenvalue weighted by Crippen LogP contribution is 2.38. The molecule has 1 aromatic heterocycles. The van der Waals surface area contributed by atoms with Gasteiger partial charge < -0.3 is 10.6 Å². The van der Waals surface area contributed by atoms with Crippen LogP contribution in [0.5, 0.6) is 0 Å². The van der Waals surface area contributed by atoms with E-state index >= 15 is 0 Å². The number of nitrogens with one attached hydrogen (secondary N) is 2. The number of anilines is 1. The maximum absolute atomic E-state index is 13.2. The van der Waals surface area contributed by atoms with Crippen molar-refractivity contribution in [1.82, 2.24) is 15.5 Å². The van der Waals surface area contributed by atoms with E-state index in [9.17, 15) is 9.18 Å². The number of nitrogens with zero attached hydrogens (tertiary/aromatic N) is 2. The largest absolute Gasteiger partial charge is 0.360 e. The second kappa shape index (κ2) is 8.62. The third-order valence-corrected chi connectivity index (χ3v) is 5.99. The van der Waals surface area contributed by atoms with Gasteiger partial charge in [0.15, 0.2) is 4.34 Å². The van der Waals surface area contributed by atoms with Crippen molar-refractivity contribution in [1.29, 1.82) is 0 Å². The molecule has 1 aliphatic carbocycles. The predicted octanol–water partition coefficient (Wildman–Crippen LogP) is 4.00. The van der Waals surface area contributed by atoms with Crippen LogP contribution < -0.4 is 10.6 Å². The molecule has 1 atom stereocenters. The number of rotatable bonds is 9. The van der Waals surface area contributed by atoms with Gasteiger partial charge in [-0.3, -0.25) is 4.79 Å². The summed E-state index contributed by atoms with van der Waals surface area (Å²) in [6, 6.07) is 6.34. The highest BCUT2D eigenvalue weighted by atomic mass is 32.2. The average molecular weight is 381 g/mol. The lowest BCUT2D eigenvalue weighted by Crippen LogP contribution is -2.29. The first-order valence-electron chi connectivity index (χ1n) is 8.45. The Morgan fingerprint density at radius 2 is 2.12 bits per heavy atom. The lowest BCUT2D eigenvalue weighted by molar-refractivity contribution is -0.120. The second-order valence-electron chi connectivity index (χ2n) is 5.99. The summed E-state index contributed by atoms with van der Waals surface area (Å²) in [5, 5.41) is 14.9. The van der Waals surface area contributed by atoms with Crippen molar-refractivity contribution in [3.8, 4) is 0 Å². The molecule has 134 valence electrons. The van der Waals surface area contributed by atoms with E-state index in [1.54, 1.807) is 12.1 Å². The Balaban J connectivity index is 1.70.